The molecule has 1 amide bonds. The largest absolute Gasteiger partial charge is 0.374 e. The lowest BCUT2D eigenvalue weighted by Crippen LogP contribution is -2.35. The number of carbonyl (C=O) groups is 1. The molecule has 0 aliphatic rings. The smallest absolute Gasteiger partial charge is 0.239 e. The van der Waals surface area contributed by atoms with Crippen molar-refractivity contribution < 1.29 is 4.79 Å². The topological polar surface area (TPSA) is 55.1 Å². The standard InChI is InChI=1S/C12H17ClN2O/c1-2-3-4-11(12(14)16)15-10-7-5-9(13)6-8-10/h5-8,11,15H,2-4H2,1H3,(H2,14,16). The molecule has 0 saturated carbocycles. The molecule has 0 aromatic heterocycles. The summed E-state index contributed by atoms with van der Waals surface area (Å²) >= 11 is 5.77. The molecule has 0 heterocycles. The van der Waals surface area contributed by atoms with Crippen molar-refractivity contribution >= 4 is 23.2 Å². The number of benzene rings is 1. The maximum absolute atomic E-state index is 11.2. The molecule has 1 aromatic carbocycles. The molecule has 1 unspecified atom stereocenters. The van der Waals surface area contributed by atoms with Crippen molar-refractivity contribution in [3.8, 4) is 0 Å². The van der Waals surface area contributed by atoms with Gasteiger partial charge in [0.15, 0.2) is 0 Å². The molecule has 0 radical (unpaired) electrons. The number of carbonyl (C=O) groups excluding carboxylic acids is 1. The zero-order valence-electron chi connectivity index (χ0n) is 9.37. The Kier molecular flexibility index (Phi) is 5.12. The first-order valence-corrected chi connectivity index (χ1v) is 5.82. The van der Waals surface area contributed by atoms with Gasteiger partial charge >= 0.3 is 0 Å². The van der Waals surface area contributed by atoms with E-state index >= 15 is 0 Å². The Balaban J connectivity index is 2.60. The van der Waals surface area contributed by atoms with Crippen molar-refractivity contribution in [2.24, 2.45) is 5.73 Å². The van der Waals surface area contributed by atoms with Crippen LogP contribution in [0.15, 0.2) is 24.3 Å². The van der Waals surface area contributed by atoms with Crippen molar-refractivity contribution in [2.45, 2.75) is 32.2 Å². The lowest BCUT2D eigenvalue weighted by molar-refractivity contribution is -0.118. The number of nitrogens with two attached hydrogens (primary N) is 1. The minimum atomic E-state index is -0.316. The molecule has 0 fully saturated rings. The van der Waals surface area contributed by atoms with Crippen molar-refractivity contribution in [3.05, 3.63) is 29.3 Å². The maximum Gasteiger partial charge on any atom is 0.239 e. The number of nitrogens with one attached hydrogen (secondary N) is 1. The minimum Gasteiger partial charge on any atom is -0.374 e. The van der Waals surface area contributed by atoms with Crippen molar-refractivity contribution in [1.29, 1.82) is 0 Å². The lowest BCUT2D eigenvalue weighted by Gasteiger charge is -2.16. The van der Waals surface area contributed by atoms with Crippen LogP contribution in [0.4, 0.5) is 5.69 Å². The summed E-state index contributed by atoms with van der Waals surface area (Å²) in [6, 6.07) is 6.93. The number of unbranched alkanes of at least 4 members (excludes halogenated alkanes) is 1. The van der Waals surface area contributed by atoms with E-state index < -0.39 is 0 Å². The zero-order chi connectivity index (χ0) is 12.0. The van der Waals surface area contributed by atoms with Crippen LogP contribution < -0.4 is 11.1 Å². The molecule has 3 N–H and O–H groups in total. The van der Waals surface area contributed by atoms with Crippen LogP contribution in [-0.2, 0) is 4.79 Å². The number of anilines is 1. The average molecular weight is 241 g/mol. The Hall–Kier alpha value is -1.22. The predicted octanol–water partition coefficient (Wildman–Crippen LogP) is 2.80. The Bertz CT molecular complexity index is 337. The molecular formula is C12H17ClN2O. The van der Waals surface area contributed by atoms with Gasteiger partial charge in [0.05, 0.1) is 0 Å². The Morgan fingerprint density at radius 2 is 2.06 bits per heavy atom. The highest BCUT2D eigenvalue weighted by Gasteiger charge is 2.13. The fourth-order valence-electron chi connectivity index (χ4n) is 1.44. The number of rotatable bonds is 6. The molecule has 0 aliphatic heterocycles. The zero-order valence-corrected chi connectivity index (χ0v) is 10.1. The van der Waals surface area contributed by atoms with E-state index in [1.807, 2.05) is 12.1 Å². The van der Waals surface area contributed by atoms with E-state index in [1.54, 1.807) is 12.1 Å². The van der Waals surface area contributed by atoms with Gasteiger partial charge in [-0.15, -0.1) is 0 Å². The molecule has 3 nitrogen and oxygen atoms in total. The van der Waals surface area contributed by atoms with Crippen LogP contribution in [0, 0.1) is 0 Å². The first-order chi connectivity index (χ1) is 7.63. The summed E-state index contributed by atoms with van der Waals surface area (Å²) in [5, 5.41) is 3.78. The van der Waals surface area contributed by atoms with Crippen LogP contribution in [0.2, 0.25) is 5.02 Å². The van der Waals surface area contributed by atoms with E-state index in [9.17, 15) is 4.79 Å². The van der Waals surface area contributed by atoms with Gasteiger partial charge in [-0.25, -0.2) is 0 Å². The summed E-state index contributed by atoms with van der Waals surface area (Å²) in [6.07, 6.45) is 2.79. The van der Waals surface area contributed by atoms with Crippen molar-refractivity contribution in [1.82, 2.24) is 0 Å². The van der Waals surface area contributed by atoms with Crippen molar-refractivity contribution in [3.63, 3.8) is 0 Å². The molecule has 1 rings (SSSR count). The summed E-state index contributed by atoms with van der Waals surface area (Å²) < 4.78 is 0. The van der Waals surface area contributed by atoms with E-state index in [4.69, 9.17) is 17.3 Å². The second-order valence-corrected chi connectivity index (χ2v) is 4.18. The molecule has 4 heteroatoms. The number of hydrogen-bond donors (Lipinski definition) is 2. The first-order valence-electron chi connectivity index (χ1n) is 5.45. The Morgan fingerprint density at radius 1 is 1.44 bits per heavy atom. The number of amides is 1. The quantitative estimate of drug-likeness (QED) is 0.803. The van der Waals surface area contributed by atoms with E-state index in [0.717, 1.165) is 24.9 Å². The van der Waals surface area contributed by atoms with E-state index in [0.29, 0.717) is 5.02 Å². The lowest BCUT2D eigenvalue weighted by atomic mass is 10.1. The van der Waals surface area contributed by atoms with Crippen LogP contribution in [0.25, 0.3) is 0 Å². The normalized spacial score (nSPS) is 12.1. The van der Waals surface area contributed by atoms with Gasteiger partial charge in [-0.05, 0) is 30.7 Å². The minimum absolute atomic E-state index is 0.305. The first kappa shape index (κ1) is 12.8. The van der Waals surface area contributed by atoms with Gasteiger partial charge in [0.25, 0.3) is 0 Å². The molecule has 0 spiro atoms. The third-order valence-corrected chi connectivity index (χ3v) is 2.63. The molecule has 0 saturated heterocycles. The third-order valence-electron chi connectivity index (χ3n) is 2.37. The number of halogens is 1. The van der Waals surface area contributed by atoms with Gasteiger partial charge in [-0.3, -0.25) is 4.79 Å². The van der Waals surface area contributed by atoms with Gasteiger partial charge in [-0.1, -0.05) is 31.4 Å². The molecule has 16 heavy (non-hydrogen) atoms. The summed E-state index contributed by atoms with van der Waals surface area (Å²) in [5.74, 6) is -0.316. The SMILES string of the molecule is CCCCC(Nc1ccc(Cl)cc1)C(N)=O. The van der Waals surface area contributed by atoms with Gasteiger partial charge in [0, 0.05) is 10.7 Å². The van der Waals surface area contributed by atoms with Gasteiger partial charge < -0.3 is 11.1 Å². The van der Waals surface area contributed by atoms with E-state index in [1.165, 1.54) is 0 Å². The molecule has 88 valence electrons. The van der Waals surface area contributed by atoms with Crippen LogP contribution >= 0.6 is 11.6 Å². The summed E-state index contributed by atoms with van der Waals surface area (Å²) in [6.45, 7) is 2.08. The Morgan fingerprint density at radius 3 is 2.56 bits per heavy atom. The van der Waals surface area contributed by atoms with Gasteiger partial charge in [0.2, 0.25) is 5.91 Å². The highest BCUT2D eigenvalue weighted by atomic mass is 35.5. The molecule has 1 aromatic rings. The van der Waals surface area contributed by atoms with Gasteiger partial charge in [0.1, 0.15) is 6.04 Å². The summed E-state index contributed by atoms with van der Waals surface area (Å²) in [5.41, 5.74) is 6.19. The van der Waals surface area contributed by atoms with E-state index in [2.05, 4.69) is 12.2 Å². The predicted molar refractivity (Wildman–Crippen MR) is 67.6 cm³/mol. The fourth-order valence-corrected chi connectivity index (χ4v) is 1.57. The van der Waals surface area contributed by atoms with Gasteiger partial charge in [-0.2, -0.15) is 0 Å². The maximum atomic E-state index is 11.2. The van der Waals surface area contributed by atoms with Crippen molar-refractivity contribution in [2.75, 3.05) is 5.32 Å². The fraction of sp³-hybridized carbons (Fsp3) is 0.417. The molecule has 1 atom stereocenters. The van der Waals surface area contributed by atoms with E-state index in [-0.39, 0.29) is 11.9 Å². The molecule has 0 bridgehead atoms. The summed E-state index contributed by atoms with van der Waals surface area (Å²) in [7, 11) is 0. The number of hydrogen-bond acceptors (Lipinski definition) is 2. The second-order valence-electron chi connectivity index (χ2n) is 3.75. The Labute approximate surface area is 101 Å². The molecular weight excluding hydrogens is 224 g/mol. The van der Waals surface area contributed by atoms with Crippen LogP contribution in [0.1, 0.15) is 26.2 Å². The van der Waals surface area contributed by atoms with Crippen LogP contribution in [0.3, 0.4) is 0 Å². The van der Waals surface area contributed by atoms with Crippen LogP contribution in [-0.4, -0.2) is 11.9 Å². The summed E-state index contributed by atoms with van der Waals surface area (Å²) in [4.78, 5) is 11.2. The highest BCUT2D eigenvalue weighted by molar-refractivity contribution is 6.30. The molecule has 0 aliphatic carbocycles. The number of primary amides is 1. The average Bonchev–Trinajstić information content (AvgIpc) is 2.26. The third kappa shape index (κ3) is 4.11. The van der Waals surface area contributed by atoms with Crippen LogP contribution in [0.5, 0.6) is 0 Å². The monoisotopic (exact) mass is 240 g/mol. The second kappa shape index (κ2) is 6.38. The highest BCUT2D eigenvalue weighted by Crippen LogP contribution is 2.15.